The second kappa shape index (κ2) is 5.52. The maximum absolute atomic E-state index is 12.3. The molecule has 2 N–H and O–H groups in total. The number of aliphatic hydroxyl groups excluding tert-OH is 1. The van der Waals surface area contributed by atoms with E-state index in [4.69, 9.17) is 0 Å². The van der Waals surface area contributed by atoms with E-state index in [0.29, 0.717) is 17.9 Å². The molecule has 1 aliphatic heterocycles. The lowest BCUT2D eigenvalue weighted by molar-refractivity contribution is -0.132. The lowest BCUT2D eigenvalue weighted by Gasteiger charge is -2.23. The molecule has 0 saturated carbocycles. The third-order valence-electron chi connectivity index (χ3n) is 3.69. The highest BCUT2D eigenvalue weighted by Gasteiger charge is 2.28. The summed E-state index contributed by atoms with van der Waals surface area (Å²) in [5.41, 5.74) is 1.66. The van der Waals surface area contributed by atoms with Crippen LogP contribution in [-0.2, 0) is 11.2 Å². The molecule has 6 heteroatoms. The first-order valence-electron chi connectivity index (χ1n) is 6.49. The van der Waals surface area contributed by atoms with E-state index in [1.165, 1.54) is 0 Å². The minimum Gasteiger partial charge on any atom is -0.394 e. The van der Waals surface area contributed by atoms with Crippen LogP contribution in [-0.4, -0.2) is 45.1 Å². The van der Waals surface area contributed by atoms with Gasteiger partial charge in [-0.3, -0.25) is 4.79 Å². The van der Waals surface area contributed by atoms with Gasteiger partial charge in [0.05, 0.1) is 19.1 Å². The Morgan fingerprint density at radius 3 is 2.89 bits per heavy atom. The van der Waals surface area contributed by atoms with Crippen LogP contribution in [0.3, 0.4) is 0 Å². The molecule has 1 amide bonds. The SMILES string of the molecule is Cc1nc(=O)[nH]c(C)c1CC(=O)N1CCC[C@@H]1CO. The molecule has 0 spiro atoms. The van der Waals surface area contributed by atoms with Crippen molar-refractivity contribution < 1.29 is 9.90 Å². The molecule has 1 fully saturated rings. The Balaban J connectivity index is 2.17. The molecule has 2 heterocycles. The van der Waals surface area contributed by atoms with Gasteiger partial charge in [0.1, 0.15) is 0 Å². The number of nitrogens with zero attached hydrogens (tertiary/aromatic N) is 2. The maximum atomic E-state index is 12.3. The number of hydrogen-bond acceptors (Lipinski definition) is 4. The van der Waals surface area contributed by atoms with Gasteiger partial charge in [-0.1, -0.05) is 0 Å². The number of aromatic amines is 1. The summed E-state index contributed by atoms with van der Waals surface area (Å²) in [5, 5.41) is 9.24. The van der Waals surface area contributed by atoms with Gasteiger partial charge < -0.3 is 15.0 Å². The normalized spacial score (nSPS) is 18.9. The molecule has 0 unspecified atom stereocenters. The van der Waals surface area contributed by atoms with Crippen LogP contribution < -0.4 is 5.69 Å². The highest BCUT2D eigenvalue weighted by Crippen LogP contribution is 2.19. The van der Waals surface area contributed by atoms with E-state index in [2.05, 4.69) is 9.97 Å². The van der Waals surface area contributed by atoms with Gasteiger partial charge in [0.2, 0.25) is 5.91 Å². The average Bonchev–Trinajstić information content (AvgIpc) is 2.81. The van der Waals surface area contributed by atoms with Crippen LogP contribution in [0.5, 0.6) is 0 Å². The molecule has 104 valence electrons. The fraction of sp³-hybridized carbons (Fsp3) is 0.615. The topological polar surface area (TPSA) is 86.3 Å². The van der Waals surface area contributed by atoms with Crippen molar-refractivity contribution in [3.05, 3.63) is 27.4 Å². The summed E-state index contributed by atoms with van der Waals surface area (Å²) in [6, 6.07) is -0.0659. The molecule has 1 atom stereocenters. The lowest BCUT2D eigenvalue weighted by Crippen LogP contribution is -2.39. The quantitative estimate of drug-likeness (QED) is 0.800. The van der Waals surface area contributed by atoms with E-state index in [9.17, 15) is 14.7 Å². The number of H-pyrrole nitrogens is 1. The summed E-state index contributed by atoms with van der Waals surface area (Å²) in [7, 11) is 0. The van der Waals surface area contributed by atoms with E-state index < -0.39 is 0 Å². The van der Waals surface area contributed by atoms with Gasteiger partial charge in [0.25, 0.3) is 0 Å². The van der Waals surface area contributed by atoms with E-state index in [0.717, 1.165) is 18.4 Å². The van der Waals surface area contributed by atoms with Gasteiger partial charge in [0.15, 0.2) is 0 Å². The molecule has 2 rings (SSSR count). The van der Waals surface area contributed by atoms with Crippen LogP contribution in [0.4, 0.5) is 0 Å². The molecular weight excluding hydrogens is 246 g/mol. The Morgan fingerprint density at radius 1 is 1.53 bits per heavy atom. The zero-order valence-corrected chi connectivity index (χ0v) is 11.3. The summed E-state index contributed by atoms with van der Waals surface area (Å²) in [6.45, 7) is 4.21. The molecule has 19 heavy (non-hydrogen) atoms. The van der Waals surface area contributed by atoms with E-state index >= 15 is 0 Å². The predicted molar refractivity (Wildman–Crippen MR) is 69.9 cm³/mol. The molecule has 1 aliphatic rings. The Hall–Kier alpha value is -1.69. The third-order valence-corrected chi connectivity index (χ3v) is 3.69. The number of hydrogen-bond donors (Lipinski definition) is 2. The van der Waals surface area contributed by atoms with E-state index in [1.807, 2.05) is 0 Å². The zero-order valence-electron chi connectivity index (χ0n) is 11.3. The molecule has 6 nitrogen and oxygen atoms in total. The predicted octanol–water partition coefficient (Wildman–Crippen LogP) is -0.0875. The largest absolute Gasteiger partial charge is 0.394 e. The molecule has 0 radical (unpaired) electrons. The Bertz CT molecular complexity index is 512. The van der Waals surface area contributed by atoms with Gasteiger partial charge >= 0.3 is 5.69 Å². The Kier molecular flexibility index (Phi) is 3.99. The van der Waals surface area contributed by atoms with Gasteiger partial charge in [0, 0.05) is 23.5 Å². The number of aliphatic hydroxyl groups is 1. The van der Waals surface area contributed by atoms with Crippen LogP contribution in [0.15, 0.2) is 4.79 Å². The summed E-state index contributed by atoms with van der Waals surface area (Å²) in [6.07, 6.45) is 2.00. The lowest BCUT2D eigenvalue weighted by atomic mass is 10.1. The Morgan fingerprint density at radius 2 is 2.26 bits per heavy atom. The summed E-state index contributed by atoms with van der Waals surface area (Å²) in [5.74, 6) is -0.0170. The van der Waals surface area contributed by atoms with Crippen molar-refractivity contribution in [2.75, 3.05) is 13.2 Å². The summed E-state index contributed by atoms with van der Waals surface area (Å²) < 4.78 is 0. The minimum absolute atomic E-state index is 0.00752. The standard InChI is InChI=1S/C13H19N3O3/c1-8-11(9(2)15-13(19)14-8)6-12(18)16-5-3-4-10(16)7-17/h10,17H,3-7H2,1-2H3,(H,14,15,19)/t10-/m1/s1. The fourth-order valence-electron chi connectivity index (χ4n) is 2.62. The summed E-state index contributed by atoms with van der Waals surface area (Å²) >= 11 is 0. The molecule has 1 aromatic rings. The van der Waals surface area contributed by atoms with Crippen LogP contribution in [0, 0.1) is 13.8 Å². The van der Waals surface area contributed by atoms with Crippen molar-refractivity contribution in [2.45, 2.75) is 39.2 Å². The highest BCUT2D eigenvalue weighted by atomic mass is 16.3. The smallest absolute Gasteiger partial charge is 0.345 e. The number of nitrogens with one attached hydrogen (secondary N) is 1. The molecule has 0 bridgehead atoms. The van der Waals surface area contributed by atoms with Crippen molar-refractivity contribution in [2.24, 2.45) is 0 Å². The number of rotatable bonds is 3. The number of amides is 1. The van der Waals surface area contributed by atoms with Gasteiger partial charge in [-0.05, 0) is 26.7 Å². The zero-order chi connectivity index (χ0) is 14.0. The van der Waals surface area contributed by atoms with Crippen molar-refractivity contribution in [1.82, 2.24) is 14.9 Å². The average molecular weight is 265 g/mol. The number of aryl methyl sites for hydroxylation is 2. The van der Waals surface area contributed by atoms with Gasteiger partial charge in [-0.15, -0.1) is 0 Å². The number of carbonyl (C=O) groups excluding carboxylic acids is 1. The molecular formula is C13H19N3O3. The van der Waals surface area contributed by atoms with Crippen molar-refractivity contribution in [1.29, 1.82) is 0 Å². The van der Waals surface area contributed by atoms with E-state index in [-0.39, 0.29) is 30.7 Å². The molecule has 0 aliphatic carbocycles. The van der Waals surface area contributed by atoms with Crippen molar-refractivity contribution >= 4 is 5.91 Å². The first-order valence-corrected chi connectivity index (χ1v) is 6.49. The molecule has 0 aromatic carbocycles. The van der Waals surface area contributed by atoms with Crippen molar-refractivity contribution in [3.63, 3.8) is 0 Å². The van der Waals surface area contributed by atoms with Crippen LogP contribution in [0.2, 0.25) is 0 Å². The van der Waals surface area contributed by atoms with Gasteiger partial charge in [-0.25, -0.2) is 4.79 Å². The second-order valence-electron chi connectivity index (χ2n) is 4.97. The second-order valence-corrected chi connectivity index (χ2v) is 4.97. The van der Waals surface area contributed by atoms with Crippen LogP contribution >= 0.6 is 0 Å². The first-order chi connectivity index (χ1) is 9.02. The fourth-order valence-corrected chi connectivity index (χ4v) is 2.62. The number of aromatic nitrogens is 2. The van der Waals surface area contributed by atoms with E-state index in [1.54, 1.807) is 18.7 Å². The highest BCUT2D eigenvalue weighted by molar-refractivity contribution is 5.79. The van der Waals surface area contributed by atoms with Crippen molar-refractivity contribution in [3.8, 4) is 0 Å². The number of likely N-dealkylation sites (tertiary alicyclic amines) is 1. The van der Waals surface area contributed by atoms with Gasteiger partial charge in [-0.2, -0.15) is 4.98 Å². The summed E-state index contributed by atoms with van der Waals surface area (Å²) in [4.78, 5) is 31.6. The molecule has 1 saturated heterocycles. The Labute approximate surface area is 111 Å². The minimum atomic E-state index is -0.388. The third kappa shape index (κ3) is 2.84. The maximum Gasteiger partial charge on any atom is 0.345 e. The number of carbonyl (C=O) groups is 1. The first kappa shape index (κ1) is 13.7. The molecule has 1 aromatic heterocycles. The monoisotopic (exact) mass is 265 g/mol. The van der Waals surface area contributed by atoms with Crippen LogP contribution in [0.25, 0.3) is 0 Å². The van der Waals surface area contributed by atoms with Crippen LogP contribution in [0.1, 0.15) is 29.8 Å².